The van der Waals surface area contributed by atoms with Gasteiger partial charge >= 0.3 is 0 Å². The van der Waals surface area contributed by atoms with E-state index in [4.69, 9.17) is 28.5 Å². The smallest absolute Gasteiger partial charge is 0.230 e. The Morgan fingerprint density at radius 1 is 1.10 bits per heavy atom. The topological polar surface area (TPSA) is 90.7 Å². The highest BCUT2D eigenvalue weighted by Crippen LogP contribution is 2.21. The SMILES string of the molecule is N#Cc1cnc(CC(=O)Nc2ccc(CCNCc3cccc(Cl)c3)c(Cl)c2)cn1. The zero-order chi connectivity index (χ0) is 21.3. The molecule has 0 radical (unpaired) electrons. The lowest BCUT2D eigenvalue weighted by molar-refractivity contribution is -0.115. The van der Waals surface area contributed by atoms with Crippen molar-refractivity contribution in [3.05, 3.63) is 87.4 Å². The molecule has 0 saturated carbocycles. The Morgan fingerprint density at radius 2 is 1.97 bits per heavy atom. The van der Waals surface area contributed by atoms with Crippen molar-refractivity contribution in [1.82, 2.24) is 15.3 Å². The molecule has 0 fully saturated rings. The Bertz CT molecular complexity index is 1060. The van der Waals surface area contributed by atoms with Crippen LogP contribution in [0.1, 0.15) is 22.5 Å². The number of hydrogen-bond donors (Lipinski definition) is 2. The molecular formula is C22H19Cl2N5O. The van der Waals surface area contributed by atoms with Gasteiger partial charge in [-0.2, -0.15) is 5.26 Å². The molecule has 30 heavy (non-hydrogen) atoms. The highest BCUT2D eigenvalue weighted by molar-refractivity contribution is 6.31. The fourth-order valence-electron chi connectivity index (χ4n) is 2.80. The molecule has 0 aliphatic carbocycles. The van der Waals surface area contributed by atoms with Gasteiger partial charge in [0.2, 0.25) is 5.91 Å². The summed E-state index contributed by atoms with van der Waals surface area (Å²) in [5.41, 5.74) is 3.43. The van der Waals surface area contributed by atoms with Crippen molar-refractivity contribution in [2.75, 3.05) is 11.9 Å². The second-order valence-corrected chi connectivity index (χ2v) is 7.44. The third-order valence-corrected chi connectivity index (χ3v) is 4.87. The van der Waals surface area contributed by atoms with Crippen molar-refractivity contribution in [3.63, 3.8) is 0 Å². The van der Waals surface area contributed by atoms with Gasteiger partial charge in [-0.25, -0.2) is 4.98 Å². The maximum atomic E-state index is 12.2. The second kappa shape index (κ2) is 10.7. The molecule has 2 aromatic carbocycles. The molecule has 6 nitrogen and oxygen atoms in total. The molecule has 152 valence electrons. The number of nitrogens with one attached hydrogen (secondary N) is 2. The predicted octanol–water partition coefficient (Wildman–Crippen LogP) is 4.17. The lowest BCUT2D eigenvalue weighted by Crippen LogP contribution is -2.17. The van der Waals surface area contributed by atoms with Gasteiger partial charge in [0, 0.05) is 22.3 Å². The van der Waals surface area contributed by atoms with Crippen molar-refractivity contribution in [3.8, 4) is 6.07 Å². The van der Waals surface area contributed by atoms with Crippen molar-refractivity contribution in [1.29, 1.82) is 5.26 Å². The summed E-state index contributed by atoms with van der Waals surface area (Å²) in [6, 6.07) is 15.1. The Hall–Kier alpha value is -2.98. The largest absolute Gasteiger partial charge is 0.326 e. The van der Waals surface area contributed by atoms with E-state index in [1.807, 2.05) is 42.5 Å². The minimum absolute atomic E-state index is 0.0610. The number of anilines is 1. The summed E-state index contributed by atoms with van der Waals surface area (Å²) >= 11 is 12.4. The molecule has 1 amide bonds. The van der Waals surface area contributed by atoms with Gasteiger partial charge in [-0.1, -0.05) is 41.4 Å². The maximum Gasteiger partial charge on any atom is 0.230 e. The van der Waals surface area contributed by atoms with Crippen LogP contribution in [-0.4, -0.2) is 22.4 Å². The first-order valence-corrected chi connectivity index (χ1v) is 10.0. The van der Waals surface area contributed by atoms with E-state index in [1.165, 1.54) is 12.4 Å². The van der Waals surface area contributed by atoms with Crippen LogP contribution in [0.5, 0.6) is 0 Å². The van der Waals surface area contributed by atoms with Crippen LogP contribution >= 0.6 is 23.2 Å². The average Bonchev–Trinajstić information content (AvgIpc) is 2.73. The van der Waals surface area contributed by atoms with E-state index < -0.39 is 0 Å². The van der Waals surface area contributed by atoms with Gasteiger partial charge < -0.3 is 10.6 Å². The fourth-order valence-corrected chi connectivity index (χ4v) is 3.29. The number of carbonyl (C=O) groups excluding carboxylic acids is 1. The van der Waals surface area contributed by atoms with Crippen LogP contribution in [0.3, 0.4) is 0 Å². The minimum Gasteiger partial charge on any atom is -0.326 e. The molecule has 0 atom stereocenters. The summed E-state index contributed by atoms with van der Waals surface area (Å²) in [4.78, 5) is 20.1. The first-order chi connectivity index (χ1) is 14.5. The lowest BCUT2D eigenvalue weighted by atomic mass is 10.1. The number of aromatic nitrogens is 2. The van der Waals surface area contributed by atoms with E-state index in [1.54, 1.807) is 6.07 Å². The van der Waals surface area contributed by atoms with Gasteiger partial charge in [-0.05, 0) is 48.4 Å². The standard InChI is InChI=1S/C22H19Cl2N5O/c23-17-3-1-2-15(8-17)12-26-7-6-16-4-5-18(9-21(16)24)29-22(30)10-19-13-28-20(11-25)14-27-19/h1-5,8-9,13-14,26H,6-7,10,12H2,(H,29,30). The van der Waals surface area contributed by atoms with Gasteiger partial charge in [0.1, 0.15) is 6.07 Å². The number of halogens is 2. The van der Waals surface area contributed by atoms with Crippen LogP contribution in [0.2, 0.25) is 10.0 Å². The van der Waals surface area contributed by atoms with E-state index in [0.717, 1.165) is 35.7 Å². The number of nitrogens with zero attached hydrogens (tertiary/aromatic N) is 3. The molecule has 0 bridgehead atoms. The predicted molar refractivity (Wildman–Crippen MR) is 117 cm³/mol. The third-order valence-electron chi connectivity index (χ3n) is 4.29. The zero-order valence-electron chi connectivity index (χ0n) is 16.0. The molecular weight excluding hydrogens is 421 g/mol. The first-order valence-electron chi connectivity index (χ1n) is 9.28. The Morgan fingerprint density at radius 3 is 2.67 bits per heavy atom. The van der Waals surface area contributed by atoms with Gasteiger partial charge in [0.25, 0.3) is 0 Å². The number of nitriles is 1. The quantitative estimate of drug-likeness (QED) is 0.513. The molecule has 0 spiro atoms. The normalized spacial score (nSPS) is 10.4. The lowest BCUT2D eigenvalue weighted by Gasteiger charge is -2.10. The minimum atomic E-state index is -0.235. The Kier molecular flexibility index (Phi) is 7.75. The molecule has 1 heterocycles. The molecule has 0 saturated heterocycles. The number of carbonyl (C=O) groups is 1. The van der Waals surface area contributed by atoms with Crippen LogP contribution < -0.4 is 10.6 Å². The van der Waals surface area contributed by atoms with Crippen LogP contribution in [0.25, 0.3) is 0 Å². The maximum absolute atomic E-state index is 12.2. The van der Waals surface area contributed by atoms with Crippen molar-refractivity contribution < 1.29 is 4.79 Å². The molecule has 0 aliphatic heterocycles. The van der Waals surface area contributed by atoms with Crippen molar-refractivity contribution in [2.45, 2.75) is 19.4 Å². The van der Waals surface area contributed by atoms with Gasteiger partial charge in [-0.3, -0.25) is 9.78 Å². The summed E-state index contributed by atoms with van der Waals surface area (Å²) in [6.45, 7) is 1.49. The highest BCUT2D eigenvalue weighted by atomic mass is 35.5. The third kappa shape index (κ3) is 6.53. The second-order valence-electron chi connectivity index (χ2n) is 6.59. The van der Waals surface area contributed by atoms with E-state index in [2.05, 4.69) is 20.6 Å². The van der Waals surface area contributed by atoms with E-state index in [0.29, 0.717) is 16.4 Å². The summed E-state index contributed by atoms with van der Waals surface area (Å²) in [7, 11) is 0. The van der Waals surface area contributed by atoms with E-state index in [9.17, 15) is 4.79 Å². The fraction of sp³-hybridized carbons (Fsp3) is 0.182. The number of hydrogen-bond acceptors (Lipinski definition) is 5. The Balaban J connectivity index is 1.48. The number of benzene rings is 2. The molecule has 3 aromatic rings. The summed E-state index contributed by atoms with van der Waals surface area (Å²) in [5, 5.41) is 16.2. The molecule has 0 aliphatic rings. The zero-order valence-corrected chi connectivity index (χ0v) is 17.5. The van der Waals surface area contributed by atoms with Gasteiger partial charge in [-0.15, -0.1) is 0 Å². The summed E-state index contributed by atoms with van der Waals surface area (Å²) < 4.78 is 0. The first kappa shape index (κ1) is 21.7. The molecule has 0 unspecified atom stereocenters. The summed E-state index contributed by atoms with van der Waals surface area (Å²) in [5.74, 6) is -0.235. The molecule has 2 N–H and O–H groups in total. The molecule has 8 heteroatoms. The highest BCUT2D eigenvalue weighted by Gasteiger charge is 2.08. The molecule has 1 aromatic heterocycles. The van der Waals surface area contributed by atoms with E-state index in [-0.39, 0.29) is 18.0 Å². The van der Waals surface area contributed by atoms with Crippen LogP contribution in [0.4, 0.5) is 5.69 Å². The summed E-state index contributed by atoms with van der Waals surface area (Å²) in [6.07, 6.45) is 3.58. The molecule has 3 rings (SSSR count). The van der Waals surface area contributed by atoms with Crippen molar-refractivity contribution in [2.24, 2.45) is 0 Å². The van der Waals surface area contributed by atoms with Crippen LogP contribution in [-0.2, 0) is 24.2 Å². The van der Waals surface area contributed by atoms with Crippen LogP contribution in [0.15, 0.2) is 54.9 Å². The Labute approximate surface area is 184 Å². The number of rotatable bonds is 8. The van der Waals surface area contributed by atoms with Gasteiger partial charge in [0.15, 0.2) is 5.69 Å². The number of amides is 1. The van der Waals surface area contributed by atoms with E-state index >= 15 is 0 Å². The van der Waals surface area contributed by atoms with Gasteiger partial charge in [0.05, 0.1) is 24.5 Å². The monoisotopic (exact) mass is 439 g/mol. The van der Waals surface area contributed by atoms with Crippen molar-refractivity contribution >= 4 is 34.8 Å². The average molecular weight is 440 g/mol. The van der Waals surface area contributed by atoms with Crippen LogP contribution in [0, 0.1) is 11.3 Å².